The van der Waals surface area contributed by atoms with Gasteiger partial charge in [0.25, 0.3) is 0 Å². The van der Waals surface area contributed by atoms with Crippen molar-refractivity contribution in [3.05, 3.63) is 23.8 Å². The summed E-state index contributed by atoms with van der Waals surface area (Å²) in [6, 6.07) is 6.01. The molecule has 1 aromatic rings. The summed E-state index contributed by atoms with van der Waals surface area (Å²) in [5.74, 6) is 4.54. The molecule has 1 aliphatic carbocycles. The van der Waals surface area contributed by atoms with Gasteiger partial charge in [-0.05, 0) is 37.0 Å². The molecule has 3 N–H and O–H groups in total. The molecule has 2 fully saturated rings. The van der Waals surface area contributed by atoms with Gasteiger partial charge in [-0.1, -0.05) is 25.3 Å². The van der Waals surface area contributed by atoms with Crippen LogP contribution >= 0.6 is 11.8 Å². The van der Waals surface area contributed by atoms with Gasteiger partial charge in [-0.2, -0.15) is 11.8 Å². The molecule has 29 heavy (non-hydrogen) atoms. The monoisotopic (exact) mass is 420 g/mol. The van der Waals surface area contributed by atoms with Crippen molar-refractivity contribution in [3.8, 4) is 11.5 Å². The van der Waals surface area contributed by atoms with E-state index < -0.39 is 0 Å². The summed E-state index contributed by atoms with van der Waals surface area (Å²) in [5, 5.41) is 3.29. The quantitative estimate of drug-likeness (QED) is 0.498. The number of nitrogens with two attached hydrogens (primary N) is 1. The minimum Gasteiger partial charge on any atom is -0.493 e. The molecule has 0 radical (unpaired) electrons. The Bertz CT molecular complexity index is 671. The van der Waals surface area contributed by atoms with Crippen molar-refractivity contribution >= 4 is 17.7 Å². The van der Waals surface area contributed by atoms with Crippen molar-refractivity contribution in [1.29, 1.82) is 0 Å². The van der Waals surface area contributed by atoms with Crippen LogP contribution in [0.1, 0.15) is 37.7 Å². The number of hydrogen-bond donors (Lipinski definition) is 2. The molecule has 0 atom stereocenters. The van der Waals surface area contributed by atoms with E-state index in [9.17, 15) is 0 Å². The molecule has 3 rings (SSSR count). The fourth-order valence-corrected chi connectivity index (χ4v) is 5.38. The number of rotatable bonds is 8. The van der Waals surface area contributed by atoms with Gasteiger partial charge in [0.2, 0.25) is 0 Å². The van der Waals surface area contributed by atoms with Crippen molar-refractivity contribution < 1.29 is 9.47 Å². The van der Waals surface area contributed by atoms with Gasteiger partial charge in [0.15, 0.2) is 17.5 Å². The summed E-state index contributed by atoms with van der Waals surface area (Å²) in [6.07, 6.45) is 7.33. The smallest absolute Gasteiger partial charge is 0.188 e. The summed E-state index contributed by atoms with van der Waals surface area (Å²) in [6.45, 7) is 3.94. The first-order valence-electron chi connectivity index (χ1n) is 10.7. The average Bonchev–Trinajstić information content (AvgIpc) is 2.79. The third-order valence-electron chi connectivity index (χ3n) is 6.18. The van der Waals surface area contributed by atoms with E-state index in [-0.39, 0.29) is 5.54 Å². The van der Waals surface area contributed by atoms with Crippen LogP contribution in [0.15, 0.2) is 23.2 Å². The Balaban J connectivity index is 1.53. The van der Waals surface area contributed by atoms with Gasteiger partial charge >= 0.3 is 0 Å². The molecule has 0 spiro atoms. The summed E-state index contributed by atoms with van der Waals surface area (Å²) in [5.41, 5.74) is 7.61. The number of methoxy groups -OCH3 is 2. The average molecular weight is 421 g/mol. The van der Waals surface area contributed by atoms with E-state index in [1.165, 1.54) is 62.3 Å². The second-order valence-corrected chi connectivity index (χ2v) is 9.18. The minimum absolute atomic E-state index is 0.217. The highest BCUT2D eigenvalue weighted by molar-refractivity contribution is 7.99. The van der Waals surface area contributed by atoms with E-state index in [1.807, 2.05) is 12.1 Å². The molecule has 1 saturated carbocycles. The van der Waals surface area contributed by atoms with Gasteiger partial charge < -0.3 is 20.5 Å². The molecule has 6 nitrogen and oxygen atoms in total. The summed E-state index contributed by atoms with van der Waals surface area (Å²) < 4.78 is 10.7. The molecule has 7 heteroatoms. The second kappa shape index (κ2) is 11.0. The SMILES string of the molecule is COc1ccc(CCNC(N)=NCC2(N3CCSCC3)CCCCC2)cc1OC. The number of nitrogens with zero attached hydrogens (tertiary/aromatic N) is 2. The highest BCUT2D eigenvalue weighted by Crippen LogP contribution is 2.35. The lowest BCUT2D eigenvalue weighted by Crippen LogP contribution is -2.55. The van der Waals surface area contributed by atoms with Gasteiger partial charge in [0.1, 0.15) is 0 Å². The molecule has 2 aliphatic rings. The van der Waals surface area contributed by atoms with Crippen LogP contribution in [-0.2, 0) is 6.42 Å². The lowest BCUT2D eigenvalue weighted by Gasteiger charge is -2.47. The van der Waals surface area contributed by atoms with Crippen LogP contribution < -0.4 is 20.5 Å². The van der Waals surface area contributed by atoms with Gasteiger partial charge in [-0.3, -0.25) is 9.89 Å². The second-order valence-electron chi connectivity index (χ2n) is 7.95. The van der Waals surface area contributed by atoms with Crippen LogP contribution in [0, 0.1) is 0 Å². The summed E-state index contributed by atoms with van der Waals surface area (Å²) in [7, 11) is 3.31. The molecule has 0 aromatic heterocycles. The highest BCUT2D eigenvalue weighted by Gasteiger charge is 2.38. The third-order valence-corrected chi connectivity index (χ3v) is 7.12. The van der Waals surface area contributed by atoms with Crippen LogP contribution in [0.2, 0.25) is 0 Å². The first-order valence-corrected chi connectivity index (χ1v) is 11.9. The maximum Gasteiger partial charge on any atom is 0.188 e. The zero-order valence-electron chi connectivity index (χ0n) is 17.9. The van der Waals surface area contributed by atoms with E-state index in [0.717, 1.165) is 31.0 Å². The number of benzene rings is 1. The normalized spacial score (nSPS) is 20.3. The molecule has 162 valence electrons. The first kappa shape index (κ1) is 22.1. The van der Waals surface area contributed by atoms with E-state index in [2.05, 4.69) is 28.0 Å². The number of guanidine groups is 1. The number of hydrogen-bond acceptors (Lipinski definition) is 5. The van der Waals surface area contributed by atoms with Crippen LogP contribution in [-0.4, -0.2) is 68.3 Å². The topological polar surface area (TPSA) is 72.1 Å². The highest BCUT2D eigenvalue weighted by atomic mass is 32.2. The Morgan fingerprint density at radius 3 is 2.55 bits per heavy atom. The molecular formula is C22H36N4O2S. The van der Waals surface area contributed by atoms with Crippen molar-refractivity contribution in [2.24, 2.45) is 10.7 Å². The predicted octanol–water partition coefficient (Wildman–Crippen LogP) is 2.90. The number of aliphatic imine (C=N–C) groups is 1. The largest absolute Gasteiger partial charge is 0.493 e. The van der Waals surface area contributed by atoms with Crippen LogP contribution in [0.25, 0.3) is 0 Å². The Labute approximate surface area is 179 Å². The maximum absolute atomic E-state index is 6.22. The van der Waals surface area contributed by atoms with Crippen molar-refractivity contribution in [1.82, 2.24) is 10.2 Å². The number of ether oxygens (including phenoxy) is 2. The van der Waals surface area contributed by atoms with Gasteiger partial charge in [0.05, 0.1) is 20.8 Å². The van der Waals surface area contributed by atoms with Gasteiger partial charge in [-0.25, -0.2) is 0 Å². The number of nitrogens with one attached hydrogen (secondary N) is 1. The zero-order chi connectivity index (χ0) is 20.5. The van der Waals surface area contributed by atoms with E-state index in [1.54, 1.807) is 14.2 Å². The molecule has 0 unspecified atom stereocenters. The lowest BCUT2D eigenvalue weighted by molar-refractivity contribution is 0.0672. The fourth-order valence-electron chi connectivity index (χ4n) is 4.48. The van der Waals surface area contributed by atoms with Crippen molar-refractivity contribution in [3.63, 3.8) is 0 Å². The number of thioether (sulfide) groups is 1. The van der Waals surface area contributed by atoms with Crippen molar-refractivity contribution in [2.75, 3.05) is 51.9 Å². The standard InChI is InChI=1S/C22H36N4O2S/c1-27-19-7-6-18(16-20(19)28-2)8-11-24-21(23)25-17-22(9-4-3-5-10-22)26-12-14-29-15-13-26/h6-7,16H,3-5,8-15,17H2,1-2H3,(H3,23,24,25). The van der Waals surface area contributed by atoms with Crippen molar-refractivity contribution in [2.45, 2.75) is 44.1 Å². The molecule has 1 aromatic carbocycles. The van der Waals surface area contributed by atoms with E-state index >= 15 is 0 Å². The van der Waals surface area contributed by atoms with Crippen LogP contribution in [0.3, 0.4) is 0 Å². The Morgan fingerprint density at radius 2 is 1.86 bits per heavy atom. The Hall–Kier alpha value is -1.60. The molecular weight excluding hydrogens is 384 g/mol. The van der Waals surface area contributed by atoms with Crippen LogP contribution in [0.5, 0.6) is 11.5 Å². The van der Waals surface area contributed by atoms with Gasteiger partial charge in [0, 0.05) is 36.7 Å². The fraction of sp³-hybridized carbons (Fsp3) is 0.682. The molecule has 0 amide bonds. The maximum atomic E-state index is 6.22. The minimum atomic E-state index is 0.217. The van der Waals surface area contributed by atoms with E-state index in [4.69, 9.17) is 20.2 Å². The molecule has 1 aliphatic heterocycles. The van der Waals surface area contributed by atoms with Gasteiger partial charge in [-0.15, -0.1) is 0 Å². The Kier molecular flexibility index (Phi) is 8.36. The molecule has 1 heterocycles. The summed E-state index contributed by atoms with van der Waals surface area (Å²) in [4.78, 5) is 7.48. The Morgan fingerprint density at radius 1 is 1.14 bits per heavy atom. The summed E-state index contributed by atoms with van der Waals surface area (Å²) >= 11 is 2.07. The predicted molar refractivity (Wildman–Crippen MR) is 122 cm³/mol. The molecule has 1 saturated heterocycles. The first-order chi connectivity index (χ1) is 14.2. The molecule has 0 bridgehead atoms. The zero-order valence-corrected chi connectivity index (χ0v) is 18.7. The van der Waals surface area contributed by atoms with Crippen LogP contribution in [0.4, 0.5) is 0 Å². The third kappa shape index (κ3) is 5.95. The lowest BCUT2D eigenvalue weighted by atomic mass is 9.80. The van der Waals surface area contributed by atoms with E-state index in [0.29, 0.717) is 5.96 Å².